The molecule has 2 heterocycles. The first-order valence-electron chi connectivity index (χ1n) is 7.64. The summed E-state index contributed by atoms with van der Waals surface area (Å²) in [4.78, 5) is 0. The number of hydrogen-bond donors (Lipinski definition) is 0. The summed E-state index contributed by atoms with van der Waals surface area (Å²) in [6.07, 6.45) is 6.28. The number of rotatable bonds is 2. The average molecular weight is 351 g/mol. The Labute approximate surface area is 132 Å². The maximum absolute atomic E-state index is 5.80. The lowest BCUT2D eigenvalue weighted by Crippen LogP contribution is -2.36. The molecule has 1 aliphatic carbocycles. The fourth-order valence-electron chi connectivity index (χ4n) is 3.54. The molecule has 0 unspecified atom stereocenters. The van der Waals surface area contributed by atoms with Gasteiger partial charge in [0.1, 0.15) is 0 Å². The summed E-state index contributed by atoms with van der Waals surface area (Å²) in [6.45, 7) is 2.49. The van der Waals surface area contributed by atoms with Gasteiger partial charge in [-0.05, 0) is 30.9 Å². The van der Waals surface area contributed by atoms with Crippen molar-refractivity contribution in [3.63, 3.8) is 0 Å². The van der Waals surface area contributed by atoms with Crippen molar-refractivity contribution in [2.75, 3.05) is 13.2 Å². The highest BCUT2D eigenvalue weighted by molar-refractivity contribution is 9.10. The molecule has 2 fully saturated rings. The molecule has 2 aromatic rings. The van der Waals surface area contributed by atoms with Crippen molar-refractivity contribution >= 4 is 26.8 Å². The maximum atomic E-state index is 5.80. The van der Waals surface area contributed by atoms with Crippen LogP contribution < -0.4 is 0 Å². The summed E-state index contributed by atoms with van der Waals surface area (Å²) in [6, 6.07) is 6.27. The van der Waals surface area contributed by atoms with E-state index in [1.54, 1.807) is 0 Å². The molecule has 0 radical (unpaired) electrons. The molecule has 5 heteroatoms. The normalized spacial score (nSPS) is 22.3. The molecule has 0 amide bonds. The van der Waals surface area contributed by atoms with E-state index < -0.39 is 0 Å². The summed E-state index contributed by atoms with van der Waals surface area (Å²) < 4.78 is 14.9. The van der Waals surface area contributed by atoms with E-state index >= 15 is 0 Å². The predicted molar refractivity (Wildman–Crippen MR) is 84.0 cm³/mol. The molecule has 1 saturated carbocycles. The molecular formula is C16H19BrN2O2. The quantitative estimate of drug-likeness (QED) is 0.827. The molecule has 1 aromatic heterocycles. The van der Waals surface area contributed by atoms with Crippen LogP contribution in [0, 0.1) is 5.92 Å². The van der Waals surface area contributed by atoms with Crippen molar-refractivity contribution in [3.05, 3.63) is 28.9 Å². The van der Waals surface area contributed by atoms with Crippen molar-refractivity contribution in [1.29, 1.82) is 0 Å². The van der Waals surface area contributed by atoms with Crippen molar-refractivity contribution < 1.29 is 9.47 Å². The Morgan fingerprint density at radius 2 is 2.00 bits per heavy atom. The minimum absolute atomic E-state index is 0.258. The number of nitrogens with zero attached hydrogens (tertiary/aromatic N) is 2. The van der Waals surface area contributed by atoms with Crippen LogP contribution in [0.4, 0.5) is 0 Å². The van der Waals surface area contributed by atoms with E-state index in [2.05, 4.69) is 43.9 Å². The fourth-order valence-corrected chi connectivity index (χ4v) is 4.00. The van der Waals surface area contributed by atoms with E-state index in [0.717, 1.165) is 49.9 Å². The van der Waals surface area contributed by atoms with Gasteiger partial charge in [-0.2, -0.15) is 5.10 Å². The average Bonchev–Trinajstić information content (AvgIpc) is 3.11. The van der Waals surface area contributed by atoms with E-state index in [-0.39, 0.29) is 5.79 Å². The van der Waals surface area contributed by atoms with Gasteiger partial charge in [0, 0.05) is 29.2 Å². The Balaban J connectivity index is 1.47. The van der Waals surface area contributed by atoms with Crippen LogP contribution in [0.25, 0.3) is 10.9 Å². The second-order valence-electron chi connectivity index (χ2n) is 6.05. The molecule has 1 aliphatic heterocycles. The van der Waals surface area contributed by atoms with Crippen LogP contribution in [0.5, 0.6) is 0 Å². The third-order valence-electron chi connectivity index (χ3n) is 4.75. The van der Waals surface area contributed by atoms with Gasteiger partial charge in [-0.1, -0.05) is 22.0 Å². The van der Waals surface area contributed by atoms with Crippen molar-refractivity contribution in [3.8, 4) is 0 Å². The van der Waals surface area contributed by atoms with Gasteiger partial charge in [-0.3, -0.25) is 4.68 Å². The van der Waals surface area contributed by atoms with Crippen LogP contribution in [-0.4, -0.2) is 28.8 Å². The predicted octanol–water partition coefficient (Wildman–Crippen LogP) is 3.73. The Morgan fingerprint density at radius 3 is 2.76 bits per heavy atom. The molecule has 112 valence electrons. The first-order chi connectivity index (χ1) is 10.3. The Morgan fingerprint density at radius 1 is 1.24 bits per heavy atom. The monoisotopic (exact) mass is 350 g/mol. The van der Waals surface area contributed by atoms with Crippen LogP contribution >= 0.6 is 15.9 Å². The highest BCUT2D eigenvalue weighted by Crippen LogP contribution is 2.39. The van der Waals surface area contributed by atoms with Gasteiger partial charge in [-0.15, -0.1) is 0 Å². The second-order valence-corrected chi connectivity index (χ2v) is 6.90. The standard InChI is InChI=1S/C16H19BrN2O2/c17-14-2-1-3-15-13(14)10-18-19(15)11-12-4-6-16(7-5-12)20-8-9-21-16/h1-3,10,12H,4-9,11H2. The fraction of sp³-hybridized carbons (Fsp3) is 0.562. The molecule has 0 atom stereocenters. The zero-order valence-corrected chi connectivity index (χ0v) is 13.5. The molecule has 0 bridgehead atoms. The molecular weight excluding hydrogens is 332 g/mol. The van der Waals surface area contributed by atoms with Crippen LogP contribution in [0.2, 0.25) is 0 Å². The molecule has 1 spiro atoms. The number of fused-ring (bicyclic) bond motifs is 1. The SMILES string of the molecule is Brc1cccc2c1cnn2CC1CCC2(CC1)OCCO2. The van der Waals surface area contributed by atoms with Gasteiger partial charge in [-0.25, -0.2) is 0 Å². The third kappa shape index (κ3) is 2.51. The van der Waals surface area contributed by atoms with E-state index in [1.165, 1.54) is 10.9 Å². The van der Waals surface area contributed by atoms with Crippen molar-refractivity contribution in [2.45, 2.75) is 38.0 Å². The summed E-state index contributed by atoms with van der Waals surface area (Å²) in [5, 5.41) is 5.75. The van der Waals surface area contributed by atoms with Gasteiger partial charge in [0.25, 0.3) is 0 Å². The minimum Gasteiger partial charge on any atom is -0.348 e. The minimum atomic E-state index is -0.258. The summed E-state index contributed by atoms with van der Waals surface area (Å²) in [7, 11) is 0. The lowest BCUT2D eigenvalue weighted by Gasteiger charge is -2.35. The van der Waals surface area contributed by atoms with E-state index in [4.69, 9.17) is 9.47 Å². The zero-order chi connectivity index (χ0) is 14.3. The number of ether oxygens (including phenoxy) is 2. The van der Waals surface area contributed by atoms with Gasteiger partial charge in [0.15, 0.2) is 5.79 Å². The van der Waals surface area contributed by atoms with Crippen molar-refractivity contribution in [1.82, 2.24) is 9.78 Å². The topological polar surface area (TPSA) is 36.3 Å². The molecule has 2 aliphatic rings. The Bertz CT molecular complexity index is 639. The van der Waals surface area contributed by atoms with E-state index in [1.807, 2.05) is 6.20 Å². The summed E-state index contributed by atoms with van der Waals surface area (Å²) in [5.74, 6) is 0.400. The van der Waals surface area contributed by atoms with Crippen LogP contribution in [-0.2, 0) is 16.0 Å². The molecule has 1 aromatic carbocycles. The van der Waals surface area contributed by atoms with Crippen molar-refractivity contribution in [2.24, 2.45) is 5.92 Å². The molecule has 4 nitrogen and oxygen atoms in total. The number of hydrogen-bond acceptors (Lipinski definition) is 3. The highest BCUT2D eigenvalue weighted by atomic mass is 79.9. The third-order valence-corrected chi connectivity index (χ3v) is 5.44. The molecule has 21 heavy (non-hydrogen) atoms. The summed E-state index contributed by atoms with van der Waals surface area (Å²) in [5.41, 5.74) is 1.21. The molecule has 0 N–H and O–H groups in total. The largest absolute Gasteiger partial charge is 0.348 e. The highest BCUT2D eigenvalue weighted by Gasteiger charge is 2.40. The first-order valence-corrected chi connectivity index (χ1v) is 8.43. The van der Waals surface area contributed by atoms with Crippen LogP contribution in [0.1, 0.15) is 25.7 Å². The maximum Gasteiger partial charge on any atom is 0.168 e. The summed E-state index contributed by atoms with van der Waals surface area (Å²) >= 11 is 3.59. The number of benzene rings is 1. The van der Waals surface area contributed by atoms with Gasteiger partial charge in [0.05, 0.1) is 24.9 Å². The van der Waals surface area contributed by atoms with Crippen LogP contribution in [0.3, 0.4) is 0 Å². The van der Waals surface area contributed by atoms with Gasteiger partial charge < -0.3 is 9.47 Å². The smallest absolute Gasteiger partial charge is 0.168 e. The lowest BCUT2D eigenvalue weighted by atomic mass is 9.85. The molecule has 1 saturated heterocycles. The number of halogens is 1. The Hall–Kier alpha value is -0.910. The number of aromatic nitrogens is 2. The van der Waals surface area contributed by atoms with Gasteiger partial charge in [0.2, 0.25) is 0 Å². The zero-order valence-electron chi connectivity index (χ0n) is 11.9. The van der Waals surface area contributed by atoms with E-state index in [0.29, 0.717) is 5.92 Å². The second kappa shape index (κ2) is 5.38. The lowest BCUT2D eigenvalue weighted by molar-refractivity contribution is -0.183. The molecule has 4 rings (SSSR count). The first kappa shape index (κ1) is 13.7. The Kier molecular flexibility index (Phi) is 3.52. The van der Waals surface area contributed by atoms with E-state index in [9.17, 15) is 0 Å². The van der Waals surface area contributed by atoms with Crippen LogP contribution in [0.15, 0.2) is 28.9 Å². The van der Waals surface area contributed by atoms with Gasteiger partial charge >= 0.3 is 0 Å².